The van der Waals surface area contributed by atoms with E-state index >= 15 is 0 Å². The van der Waals surface area contributed by atoms with Gasteiger partial charge in [0.1, 0.15) is 0 Å². The van der Waals surface area contributed by atoms with Crippen LogP contribution in [0, 0.1) is 0 Å². The zero-order valence-corrected chi connectivity index (χ0v) is 24.0. The van der Waals surface area contributed by atoms with Crippen molar-refractivity contribution in [1.82, 2.24) is 0 Å². The first-order valence-corrected chi connectivity index (χ1v) is 25.9. The van der Waals surface area contributed by atoms with Gasteiger partial charge in [-0.1, -0.05) is 0 Å². The Balaban J connectivity index is -0.00000162. The van der Waals surface area contributed by atoms with E-state index < -0.39 is 55.2 Å². The first kappa shape index (κ1) is 27.5. The molecule has 0 aromatic rings. The molecule has 0 aliphatic carbocycles. The molecular formula is C14H42InO2Si4. The Morgan fingerprint density at radius 2 is 0.571 bits per heavy atom. The van der Waals surface area contributed by atoms with Crippen molar-refractivity contribution in [2.75, 3.05) is 0 Å². The molecule has 0 aromatic heterocycles. The molecule has 0 unspecified atom stereocenters. The molecule has 0 bridgehead atoms. The molecule has 0 aliphatic heterocycles. The average Bonchev–Trinajstić information content (AvgIpc) is 1.91. The van der Waals surface area contributed by atoms with Gasteiger partial charge in [0.15, 0.2) is 0 Å². The molecule has 0 saturated heterocycles. The molecule has 2 nitrogen and oxygen atoms in total. The number of hydrogen-bond donors (Lipinski definition) is 0. The Morgan fingerprint density at radius 1 is 0.429 bits per heavy atom. The van der Waals surface area contributed by atoms with E-state index in [9.17, 15) is 0 Å². The molecular weight excluding hydrogens is 427 g/mol. The van der Waals surface area contributed by atoms with E-state index in [0.717, 1.165) is 0 Å². The van der Waals surface area contributed by atoms with Crippen molar-refractivity contribution in [1.29, 1.82) is 0 Å². The fourth-order valence-corrected chi connectivity index (χ4v) is 58.2. The van der Waals surface area contributed by atoms with Crippen LogP contribution in [0.15, 0.2) is 0 Å². The fourth-order valence-electron chi connectivity index (χ4n) is 3.95. The molecule has 0 amide bonds. The van der Waals surface area contributed by atoms with Crippen LogP contribution < -0.4 is 0 Å². The monoisotopic (exact) mass is 469 g/mol. The molecule has 0 spiro atoms. The van der Waals surface area contributed by atoms with E-state index in [-0.39, 0.29) is 11.0 Å². The Kier molecular flexibility index (Phi) is 11.3. The van der Waals surface area contributed by atoms with E-state index in [1.807, 2.05) is 0 Å². The van der Waals surface area contributed by atoms with Gasteiger partial charge in [-0.3, -0.25) is 0 Å². The van der Waals surface area contributed by atoms with Crippen LogP contribution in [0.5, 0.6) is 0 Å². The van der Waals surface area contributed by atoms with E-state index in [2.05, 4.69) is 78.6 Å². The van der Waals surface area contributed by atoms with Crippen molar-refractivity contribution in [2.24, 2.45) is 0 Å². The van der Waals surface area contributed by atoms with Crippen LogP contribution in [0.1, 0.15) is 0 Å². The summed E-state index contributed by atoms with van der Waals surface area (Å²) < 4.78 is 2.55. The zero-order chi connectivity index (χ0) is 15.9. The Labute approximate surface area is 149 Å². The predicted octanol–water partition coefficient (Wildman–Crippen LogP) is 4.13. The molecule has 0 fully saturated rings. The zero-order valence-electron chi connectivity index (χ0n) is 16.7. The summed E-state index contributed by atoms with van der Waals surface area (Å²) in [6.07, 6.45) is 0. The van der Waals surface area contributed by atoms with Crippen LogP contribution in [0.2, 0.25) is 84.4 Å². The molecule has 0 rings (SSSR count). The Bertz CT molecular complexity index is 240. The van der Waals surface area contributed by atoms with Crippen molar-refractivity contribution in [2.45, 2.75) is 84.4 Å². The van der Waals surface area contributed by atoms with Crippen molar-refractivity contribution < 1.29 is 11.0 Å². The fraction of sp³-hybridized carbons (Fsp3) is 1.00. The summed E-state index contributed by atoms with van der Waals surface area (Å²) in [5, 5.41) is 0. The maximum Gasteiger partial charge on any atom is -0.412 e. The molecule has 0 atom stereocenters. The number of rotatable bonds is 6. The third-order valence-corrected chi connectivity index (χ3v) is 63.6. The molecule has 0 heterocycles. The van der Waals surface area contributed by atoms with Crippen molar-refractivity contribution in [3.8, 4) is 0 Å². The molecule has 7 heteroatoms. The normalized spacial score (nSPS) is 13.8. The Hall–Kier alpha value is 1.66. The van der Waals surface area contributed by atoms with Gasteiger partial charge in [-0.05, 0) is 0 Å². The molecule has 0 saturated carbocycles. The minimum absolute atomic E-state index is 0. The topological polar surface area (TPSA) is 63.0 Å². The van der Waals surface area contributed by atoms with E-state index in [1.54, 1.807) is 0 Å². The second-order valence-corrected chi connectivity index (χ2v) is 45.7. The summed E-state index contributed by atoms with van der Waals surface area (Å²) in [4.78, 5) is 0. The van der Waals surface area contributed by atoms with Crippen LogP contribution in [-0.2, 0) is 0 Å². The smallest absolute Gasteiger partial charge is 0.412 e. The van der Waals surface area contributed by atoms with Gasteiger partial charge in [0.2, 0.25) is 0 Å². The largest absolute Gasteiger partial charge is 0.412 e. The summed E-state index contributed by atoms with van der Waals surface area (Å²) in [6.45, 7) is 31.9. The minimum atomic E-state index is -0.952. The van der Waals surface area contributed by atoms with E-state index in [4.69, 9.17) is 0 Å². The Morgan fingerprint density at radius 3 is 0.667 bits per heavy atom. The molecule has 21 heavy (non-hydrogen) atoms. The summed E-state index contributed by atoms with van der Waals surface area (Å²) in [5.74, 6) is 0. The SMILES string of the molecule is C[Si](C)(C)[CH]([In][CH]([Si](C)(C)C)[Si](C)(C)C)[Si](C)(C)C.O.O. The molecule has 0 aliphatic rings. The molecule has 129 valence electrons. The molecule has 4 N–H and O–H groups in total. The van der Waals surface area contributed by atoms with Crippen LogP contribution in [0.25, 0.3) is 0 Å². The third kappa shape index (κ3) is 9.51. The molecule has 1 radical (unpaired) electrons. The van der Waals surface area contributed by atoms with Crippen LogP contribution in [0.3, 0.4) is 0 Å². The van der Waals surface area contributed by atoms with Crippen LogP contribution >= 0.6 is 0 Å². The van der Waals surface area contributed by atoms with Crippen LogP contribution in [-0.4, -0.2) is 66.2 Å². The van der Waals surface area contributed by atoms with Crippen molar-refractivity contribution >= 4 is 55.2 Å². The van der Waals surface area contributed by atoms with Crippen molar-refractivity contribution in [3.63, 3.8) is 0 Å². The second kappa shape index (κ2) is 8.67. The van der Waals surface area contributed by atoms with Crippen molar-refractivity contribution in [3.05, 3.63) is 0 Å². The van der Waals surface area contributed by atoms with Gasteiger partial charge >= 0.3 is 140 Å². The van der Waals surface area contributed by atoms with Gasteiger partial charge in [-0.15, -0.1) is 0 Å². The molecule has 0 aromatic carbocycles. The standard InChI is InChI=1S/2C7H19Si2.In.2H2O/c2*1-8(2,3)7-9(4,5)6;;;/h2*7H,1-6H3;;2*1H2. The third-order valence-electron chi connectivity index (χ3n) is 4.12. The van der Waals surface area contributed by atoms with E-state index in [1.165, 1.54) is 5.84 Å². The average molecular weight is 470 g/mol. The second-order valence-electron chi connectivity index (χ2n) is 10.6. The maximum atomic E-state index is 2.66. The summed E-state index contributed by atoms with van der Waals surface area (Å²) in [5.41, 5.74) is 0. The summed E-state index contributed by atoms with van der Waals surface area (Å²) in [7, 11) is -3.81. The summed E-state index contributed by atoms with van der Waals surface area (Å²) in [6, 6.07) is 0. The first-order valence-electron chi connectivity index (χ1n) is 7.82. The van der Waals surface area contributed by atoms with Gasteiger partial charge in [0.05, 0.1) is 0 Å². The first-order chi connectivity index (χ1) is 7.97. The van der Waals surface area contributed by atoms with E-state index in [0.29, 0.717) is 0 Å². The van der Waals surface area contributed by atoms with Gasteiger partial charge in [-0.25, -0.2) is 0 Å². The minimum Gasteiger partial charge on any atom is -0.412 e. The van der Waals surface area contributed by atoms with Gasteiger partial charge in [0, 0.05) is 0 Å². The van der Waals surface area contributed by atoms with Crippen LogP contribution in [0.4, 0.5) is 0 Å². The van der Waals surface area contributed by atoms with Gasteiger partial charge in [-0.2, -0.15) is 0 Å². The predicted molar refractivity (Wildman–Crippen MR) is 114 cm³/mol. The number of hydrogen-bond acceptors (Lipinski definition) is 0. The maximum absolute atomic E-state index is 2.66. The van der Waals surface area contributed by atoms with Gasteiger partial charge < -0.3 is 11.0 Å². The quantitative estimate of drug-likeness (QED) is 0.525. The summed E-state index contributed by atoms with van der Waals surface area (Å²) >= 11 is -0.481. The van der Waals surface area contributed by atoms with Gasteiger partial charge in [0.25, 0.3) is 0 Å².